The average Bonchev–Trinajstić information content (AvgIpc) is 2.03. The Morgan fingerprint density at radius 2 is 1.30 bits per heavy atom. The predicted molar refractivity (Wildman–Crippen MR) is 48.3 cm³/mol. The maximum absolute atomic E-state index is 6.95. The van der Waals surface area contributed by atoms with Gasteiger partial charge in [-0.3, -0.25) is 0 Å². The quantitative estimate of drug-likeness (QED) is 0.471. The first-order chi connectivity index (χ1) is 5.41. The number of hydrogen-bond donors (Lipinski definition) is 0. The molecule has 10 heavy (non-hydrogen) atoms. The minimum absolute atomic E-state index is 0.620. The molecule has 0 radical (unpaired) electrons. The Morgan fingerprint density at radius 1 is 0.800 bits per heavy atom. The lowest BCUT2D eigenvalue weighted by Gasteiger charge is -1.97. The average molecular weight is 144 g/mol. The molecule has 0 aromatic rings. The summed E-state index contributed by atoms with van der Waals surface area (Å²) in [6, 6.07) is 0. The molecule has 0 fully saturated rings. The van der Waals surface area contributed by atoms with E-state index in [1.807, 2.05) is 0 Å². The summed E-state index contributed by atoms with van der Waals surface area (Å²) in [7, 11) is 0. The van der Waals surface area contributed by atoms with Crippen LogP contribution in [0.15, 0.2) is 0 Å². The lowest BCUT2D eigenvalue weighted by molar-refractivity contribution is 0.585. The summed E-state index contributed by atoms with van der Waals surface area (Å²) in [6.45, 7) is 2.87. The molecule has 0 heteroatoms. The van der Waals surface area contributed by atoms with E-state index in [1.165, 1.54) is 44.9 Å². The Balaban J connectivity index is 2.69. The lowest BCUT2D eigenvalue weighted by atomic mass is 10.1. The standard InChI is InChI=1S/C10H22/c1-3-5-7-9-10-8-6-4-2/h3-10H2,1-2H3/i1T. The molecule has 0 atom stereocenters. The summed E-state index contributed by atoms with van der Waals surface area (Å²) in [6.07, 6.45) is 10.7. The van der Waals surface area contributed by atoms with Crippen LogP contribution in [0.3, 0.4) is 0 Å². The maximum atomic E-state index is 6.95. The van der Waals surface area contributed by atoms with Crippen molar-refractivity contribution in [2.24, 2.45) is 0 Å². The van der Waals surface area contributed by atoms with Gasteiger partial charge >= 0.3 is 0 Å². The van der Waals surface area contributed by atoms with E-state index in [4.69, 9.17) is 1.37 Å². The van der Waals surface area contributed by atoms with E-state index in [0.29, 0.717) is 6.90 Å². The van der Waals surface area contributed by atoms with Crippen LogP contribution in [-0.2, 0) is 0 Å². The molecule has 0 nitrogen and oxygen atoms in total. The van der Waals surface area contributed by atoms with Gasteiger partial charge in [0.15, 0.2) is 0 Å². The van der Waals surface area contributed by atoms with E-state index in [-0.39, 0.29) is 0 Å². The first kappa shape index (κ1) is 8.10. The van der Waals surface area contributed by atoms with E-state index in [1.54, 1.807) is 0 Å². The van der Waals surface area contributed by atoms with Crippen LogP contribution in [-0.4, -0.2) is 0 Å². The second-order valence-corrected chi connectivity index (χ2v) is 2.97. The van der Waals surface area contributed by atoms with E-state index in [9.17, 15) is 0 Å². The molecule has 0 heterocycles. The molecule has 0 aliphatic rings. The first-order valence-corrected chi connectivity index (χ1v) is 4.71. The van der Waals surface area contributed by atoms with Crippen molar-refractivity contribution in [3.63, 3.8) is 0 Å². The second kappa shape index (κ2) is 9.00. The van der Waals surface area contributed by atoms with Crippen LogP contribution in [0.4, 0.5) is 0 Å². The van der Waals surface area contributed by atoms with Crippen molar-refractivity contribution in [2.45, 2.75) is 65.2 Å². The van der Waals surface area contributed by atoms with Crippen molar-refractivity contribution in [3.05, 3.63) is 0 Å². The fourth-order valence-electron chi connectivity index (χ4n) is 1.13. The Kier molecular flexibility index (Phi) is 7.29. The second-order valence-electron chi connectivity index (χ2n) is 2.97. The zero-order valence-corrected chi connectivity index (χ0v) is 7.36. The molecule has 0 rings (SSSR count). The smallest absolute Gasteiger partial charge is 0.0230 e. The maximum Gasteiger partial charge on any atom is 0.0230 e. The molecule has 0 aliphatic carbocycles. The highest BCUT2D eigenvalue weighted by molar-refractivity contribution is 4.43. The van der Waals surface area contributed by atoms with Gasteiger partial charge in [-0.25, -0.2) is 0 Å². The molecule has 0 aromatic carbocycles. The molecule has 0 N–H and O–H groups in total. The number of unbranched alkanes of at least 4 members (excludes halogenated alkanes) is 7. The molecule has 0 unspecified atom stereocenters. The van der Waals surface area contributed by atoms with Crippen molar-refractivity contribution in [1.29, 1.82) is 0 Å². The van der Waals surface area contributed by atoms with Crippen molar-refractivity contribution < 1.29 is 1.37 Å². The summed E-state index contributed by atoms with van der Waals surface area (Å²) >= 11 is 0. The number of rotatable bonds is 7. The van der Waals surface area contributed by atoms with Gasteiger partial charge < -0.3 is 0 Å². The normalized spacial score (nSPS) is 11.5. The molecule has 0 bridgehead atoms. The molecule has 0 saturated heterocycles. The lowest BCUT2D eigenvalue weighted by Crippen LogP contribution is -1.77. The van der Waals surface area contributed by atoms with E-state index in [2.05, 4.69) is 6.92 Å². The Hall–Kier alpha value is 0. The van der Waals surface area contributed by atoms with E-state index in [0.717, 1.165) is 6.42 Å². The van der Waals surface area contributed by atoms with Crippen molar-refractivity contribution in [2.75, 3.05) is 0 Å². The van der Waals surface area contributed by atoms with Crippen LogP contribution in [0.1, 0.15) is 66.6 Å². The zero-order valence-electron chi connectivity index (χ0n) is 8.36. The summed E-state index contributed by atoms with van der Waals surface area (Å²) in [5, 5.41) is 0. The summed E-state index contributed by atoms with van der Waals surface area (Å²) in [5.74, 6) is 0. The zero-order chi connectivity index (χ0) is 8.36. The molecule has 0 spiro atoms. The van der Waals surface area contributed by atoms with Crippen LogP contribution < -0.4 is 0 Å². The largest absolute Gasteiger partial charge is 0.0654 e. The molecular formula is C10H22. The SMILES string of the molecule is [3H]CCCCCCCCCC. The monoisotopic (exact) mass is 144 g/mol. The third-order valence-corrected chi connectivity index (χ3v) is 1.85. The molecule has 62 valence electrons. The first-order valence-electron chi connectivity index (χ1n) is 5.41. The van der Waals surface area contributed by atoms with Gasteiger partial charge in [-0.15, -0.1) is 0 Å². The van der Waals surface area contributed by atoms with Crippen LogP contribution in [0.5, 0.6) is 0 Å². The van der Waals surface area contributed by atoms with Crippen molar-refractivity contribution in [3.8, 4) is 0 Å². The Morgan fingerprint density at radius 3 is 1.80 bits per heavy atom. The Labute approximate surface area is 67.4 Å². The fraction of sp³-hybridized carbons (Fsp3) is 1.00. The summed E-state index contributed by atoms with van der Waals surface area (Å²) in [5.41, 5.74) is 0. The van der Waals surface area contributed by atoms with Gasteiger partial charge in [0.25, 0.3) is 0 Å². The van der Waals surface area contributed by atoms with Crippen LogP contribution >= 0.6 is 0 Å². The molecule has 0 aliphatic heterocycles. The van der Waals surface area contributed by atoms with Gasteiger partial charge in [0.1, 0.15) is 0 Å². The van der Waals surface area contributed by atoms with Crippen LogP contribution in [0, 0.1) is 0 Å². The Bertz CT molecular complexity index is 53.9. The third kappa shape index (κ3) is 8.00. The van der Waals surface area contributed by atoms with Gasteiger partial charge in [-0.2, -0.15) is 0 Å². The third-order valence-electron chi connectivity index (χ3n) is 1.85. The van der Waals surface area contributed by atoms with Crippen molar-refractivity contribution >= 4 is 0 Å². The van der Waals surface area contributed by atoms with Gasteiger partial charge in [0, 0.05) is 1.37 Å². The fourth-order valence-corrected chi connectivity index (χ4v) is 1.13. The molecule has 0 aromatic heterocycles. The van der Waals surface area contributed by atoms with Gasteiger partial charge in [-0.05, 0) is 0 Å². The van der Waals surface area contributed by atoms with Crippen LogP contribution in [0.25, 0.3) is 0 Å². The van der Waals surface area contributed by atoms with E-state index < -0.39 is 0 Å². The molecule has 0 saturated carbocycles. The van der Waals surface area contributed by atoms with Gasteiger partial charge in [-0.1, -0.05) is 65.2 Å². The minimum Gasteiger partial charge on any atom is -0.0654 e. The highest BCUT2D eigenvalue weighted by atomic mass is 13.9. The molecule has 0 amide bonds. The minimum atomic E-state index is 0.620. The molecular weight excluding hydrogens is 120 g/mol. The van der Waals surface area contributed by atoms with Gasteiger partial charge in [0.2, 0.25) is 0 Å². The van der Waals surface area contributed by atoms with Crippen LogP contribution in [0.2, 0.25) is 0 Å². The topological polar surface area (TPSA) is 0 Å². The van der Waals surface area contributed by atoms with Crippen molar-refractivity contribution in [1.82, 2.24) is 0 Å². The summed E-state index contributed by atoms with van der Waals surface area (Å²) < 4.78 is 6.95. The highest BCUT2D eigenvalue weighted by Gasteiger charge is 1.87. The number of hydrogen-bond acceptors (Lipinski definition) is 0. The van der Waals surface area contributed by atoms with E-state index >= 15 is 0 Å². The predicted octanol–water partition coefficient (Wildman–Crippen LogP) is 4.15. The van der Waals surface area contributed by atoms with Gasteiger partial charge in [0.05, 0.1) is 0 Å². The highest BCUT2D eigenvalue weighted by Crippen LogP contribution is 2.07. The summed E-state index contributed by atoms with van der Waals surface area (Å²) in [4.78, 5) is 0.